The molecule has 0 amide bonds. The van der Waals surface area contributed by atoms with Crippen molar-refractivity contribution in [1.82, 2.24) is 5.32 Å². The summed E-state index contributed by atoms with van der Waals surface area (Å²) < 4.78 is 0. The fraction of sp³-hybridized carbons (Fsp3) is 0.455. The Balaban J connectivity index is 2.40. The number of rotatable bonds is 3. The molecule has 0 unspecified atom stereocenters. The first-order valence-corrected chi connectivity index (χ1v) is 5.54. The lowest BCUT2D eigenvalue weighted by molar-refractivity contribution is 0.625. The van der Waals surface area contributed by atoms with E-state index in [1.807, 2.05) is 25.2 Å². The monoisotopic (exact) mass is 229 g/mol. The van der Waals surface area contributed by atoms with Gasteiger partial charge in [0.1, 0.15) is 0 Å². The van der Waals surface area contributed by atoms with E-state index >= 15 is 0 Å². The molecule has 0 radical (unpaired) electrons. The van der Waals surface area contributed by atoms with Crippen molar-refractivity contribution in [1.29, 1.82) is 0 Å². The lowest BCUT2D eigenvalue weighted by atomic mass is 9.96. The van der Waals surface area contributed by atoms with E-state index in [0.29, 0.717) is 0 Å². The van der Waals surface area contributed by atoms with Crippen LogP contribution in [0.3, 0.4) is 0 Å². The predicted molar refractivity (Wildman–Crippen MR) is 61.3 cm³/mol. The minimum atomic E-state index is 0.199. The van der Waals surface area contributed by atoms with Crippen LogP contribution in [0.4, 0.5) is 0 Å². The molecule has 1 aliphatic rings. The van der Waals surface area contributed by atoms with Crippen LogP contribution in [0.5, 0.6) is 0 Å². The summed E-state index contributed by atoms with van der Waals surface area (Å²) in [4.78, 5) is 0. The van der Waals surface area contributed by atoms with Gasteiger partial charge < -0.3 is 5.32 Å². The van der Waals surface area contributed by atoms with Crippen LogP contribution in [0.15, 0.2) is 18.2 Å². The van der Waals surface area contributed by atoms with Gasteiger partial charge in [0.25, 0.3) is 0 Å². The topological polar surface area (TPSA) is 12.0 Å². The second-order valence-corrected chi connectivity index (χ2v) is 4.72. The van der Waals surface area contributed by atoms with E-state index in [1.165, 1.54) is 12.8 Å². The first-order chi connectivity index (χ1) is 6.69. The SMILES string of the molecule is CNCC1(c2c(Cl)cccc2Cl)CC1. The number of nitrogens with one attached hydrogen (secondary N) is 1. The lowest BCUT2D eigenvalue weighted by Crippen LogP contribution is -2.24. The van der Waals surface area contributed by atoms with E-state index in [9.17, 15) is 0 Å². The van der Waals surface area contributed by atoms with Crippen LogP contribution in [0, 0.1) is 0 Å². The molecule has 3 heteroatoms. The third-order valence-electron chi connectivity index (χ3n) is 2.86. The van der Waals surface area contributed by atoms with E-state index in [-0.39, 0.29) is 5.41 Å². The van der Waals surface area contributed by atoms with Gasteiger partial charge in [0, 0.05) is 22.0 Å². The third kappa shape index (κ3) is 1.65. The zero-order chi connectivity index (χ0) is 10.2. The highest BCUT2D eigenvalue weighted by Crippen LogP contribution is 2.52. The van der Waals surface area contributed by atoms with Crippen molar-refractivity contribution in [3.05, 3.63) is 33.8 Å². The Morgan fingerprint density at radius 1 is 1.29 bits per heavy atom. The van der Waals surface area contributed by atoms with Gasteiger partial charge in [0.2, 0.25) is 0 Å². The Hall–Kier alpha value is -0.240. The number of hydrogen-bond acceptors (Lipinski definition) is 1. The maximum Gasteiger partial charge on any atom is 0.0459 e. The van der Waals surface area contributed by atoms with Crippen molar-refractivity contribution in [2.24, 2.45) is 0 Å². The van der Waals surface area contributed by atoms with Crippen LogP contribution in [-0.4, -0.2) is 13.6 Å². The van der Waals surface area contributed by atoms with Gasteiger partial charge in [-0.3, -0.25) is 0 Å². The fourth-order valence-corrected chi connectivity index (χ4v) is 2.81. The van der Waals surface area contributed by atoms with Gasteiger partial charge >= 0.3 is 0 Å². The van der Waals surface area contributed by atoms with Crippen molar-refractivity contribution in [3.63, 3.8) is 0 Å². The molecule has 1 aromatic rings. The summed E-state index contributed by atoms with van der Waals surface area (Å²) in [6.07, 6.45) is 2.36. The Morgan fingerprint density at radius 2 is 1.86 bits per heavy atom. The summed E-state index contributed by atoms with van der Waals surface area (Å²) in [5, 5.41) is 4.80. The van der Waals surface area contributed by atoms with Crippen LogP contribution in [0.1, 0.15) is 18.4 Å². The number of halogens is 2. The van der Waals surface area contributed by atoms with Crippen molar-refractivity contribution >= 4 is 23.2 Å². The smallest absolute Gasteiger partial charge is 0.0459 e. The van der Waals surface area contributed by atoms with Gasteiger partial charge in [0.05, 0.1) is 0 Å². The highest BCUT2D eigenvalue weighted by Gasteiger charge is 2.46. The maximum absolute atomic E-state index is 6.18. The molecule has 1 saturated carbocycles. The molecule has 0 saturated heterocycles. The largest absolute Gasteiger partial charge is 0.319 e. The first-order valence-electron chi connectivity index (χ1n) is 4.79. The summed E-state index contributed by atoms with van der Waals surface area (Å²) in [5.74, 6) is 0. The average molecular weight is 230 g/mol. The van der Waals surface area contributed by atoms with Crippen molar-refractivity contribution < 1.29 is 0 Å². The van der Waals surface area contributed by atoms with E-state index in [4.69, 9.17) is 23.2 Å². The molecule has 0 heterocycles. The Kier molecular flexibility index (Phi) is 2.74. The Bertz CT molecular complexity index is 325. The maximum atomic E-state index is 6.18. The lowest BCUT2D eigenvalue weighted by Gasteiger charge is -2.18. The van der Waals surface area contributed by atoms with Crippen LogP contribution < -0.4 is 5.32 Å². The van der Waals surface area contributed by atoms with Crippen LogP contribution in [0.25, 0.3) is 0 Å². The quantitative estimate of drug-likeness (QED) is 0.840. The second-order valence-electron chi connectivity index (χ2n) is 3.91. The summed E-state index contributed by atoms with van der Waals surface area (Å²) in [7, 11) is 1.96. The van der Waals surface area contributed by atoms with Crippen molar-refractivity contribution in [2.45, 2.75) is 18.3 Å². The summed E-state index contributed by atoms with van der Waals surface area (Å²) in [6.45, 7) is 0.955. The molecular weight excluding hydrogens is 217 g/mol. The number of benzene rings is 1. The molecule has 76 valence electrons. The minimum Gasteiger partial charge on any atom is -0.319 e. The summed E-state index contributed by atoms with van der Waals surface area (Å²) in [5.41, 5.74) is 1.32. The van der Waals surface area contributed by atoms with E-state index in [1.54, 1.807) is 0 Å². The highest BCUT2D eigenvalue weighted by molar-refractivity contribution is 6.36. The molecule has 1 N–H and O–H groups in total. The molecule has 0 aromatic heterocycles. The molecule has 0 bridgehead atoms. The molecule has 0 spiro atoms. The van der Waals surface area contributed by atoms with Gasteiger partial charge in [-0.05, 0) is 37.6 Å². The van der Waals surface area contributed by atoms with Gasteiger partial charge in [0.15, 0.2) is 0 Å². The van der Waals surface area contributed by atoms with Crippen molar-refractivity contribution in [3.8, 4) is 0 Å². The Labute approximate surface area is 94.4 Å². The van der Waals surface area contributed by atoms with Gasteiger partial charge in [-0.15, -0.1) is 0 Å². The molecule has 0 aliphatic heterocycles. The molecule has 14 heavy (non-hydrogen) atoms. The number of likely N-dealkylation sites (N-methyl/N-ethyl adjacent to an activating group) is 1. The van der Waals surface area contributed by atoms with Gasteiger partial charge in [-0.25, -0.2) is 0 Å². The molecule has 1 aromatic carbocycles. The summed E-state index contributed by atoms with van der Waals surface area (Å²) in [6, 6.07) is 5.72. The normalized spacial score (nSPS) is 18.2. The highest BCUT2D eigenvalue weighted by atomic mass is 35.5. The van der Waals surface area contributed by atoms with E-state index in [2.05, 4.69) is 5.32 Å². The molecule has 1 fully saturated rings. The van der Waals surface area contributed by atoms with Crippen LogP contribution in [0.2, 0.25) is 10.0 Å². The molecule has 1 nitrogen and oxygen atoms in total. The average Bonchev–Trinajstić information content (AvgIpc) is 2.86. The van der Waals surface area contributed by atoms with Gasteiger partial charge in [-0.1, -0.05) is 29.3 Å². The zero-order valence-electron chi connectivity index (χ0n) is 8.11. The zero-order valence-corrected chi connectivity index (χ0v) is 9.62. The second kappa shape index (κ2) is 3.73. The first kappa shape index (κ1) is 10.3. The predicted octanol–water partition coefficient (Wildman–Crippen LogP) is 3.24. The number of hydrogen-bond donors (Lipinski definition) is 1. The molecule has 0 atom stereocenters. The van der Waals surface area contributed by atoms with Crippen molar-refractivity contribution in [2.75, 3.05) is 13.6 Å². The van der Waals surface area contributed by atoms with Gasteiger partial charge in [-0.2, -0.15) is 0 Å². The molecule has 1 aliphatic carbocycles. The standard InChI is InChI=1S/C11H13Cl2N/c1-14-7-11(5-6-11)10-8(12)3-2-4-9(10)13/h2-4,14H,5-7H2,1H3. The van der Waals surface area contributed by atoms with E-state index < -0.39 is 0 Å². The Morgan fingerprint density at radius 3 is 2.29 bits per heavy atom. The third-order valence-corrected chi connectivity index (χ3v) is 3.49. The van der Waals surface area contributed by atoms with Crippen LogP contribution in [-0.2, 0) is 5.41 Å². The fourth-order valence-electron chi connectivity index (χ4n) is 2.01. The molecule has 2 rings (SSSR count). The summed E-state index contributed by atoms with van der Waals surface area (Å²) >= 11 is 12.4. The minimum absolute atomic E-state index is 0.199. The van der Waals surface area contributed by atoms with E-state index in [0.717, 1.165) is 22.2 Å². The van der Waals surface area contributed by atoms with Crippen LogP contribution >= 0.6 is 23.2 Å². The molecular formula is C11H13Cl2N.